The maximum atomic E-state index is 12.4. The fourth-order valence-electron chi connectivity index (χ4n) is 4.74. The highest BCUT2D eigenvalue weighted by Gasteiger charge is 2.53. The van der Waals surface area contributed by atoms with Crippen LogP contribution in [0, 0.1) is 16.0 Å². The van der Waals surface area contributed by atoms with Gasteiger partial charge in [0.25, 0.3) is 0 Å². The Bertz CT molecular complexity index is 1180. The molecule has 7 nitrogen and oxygen atoms in total. The highest BCUT2D eigenvalue weighted by atomic mass is 16.6. The first-order chi connectivity index (χ1) is 16.1. The molecule has 2 aliphatic rings. The van der Waals surface area contributed by atoms with Crippen molar-refractivity contribution in [3.63, 3.8) is 0 Å². The van der Waals surface area contributed by atoms with Crippen LogP contribution in [0.3, 0.4) is 0 Å². The van der Waals surface area contributed by atoms with E-state index in [1.807, 2.05) is 30.3 Å². The zero-order chi connectivity index (χ0) is 22.8. The third-order valence-electron chi connectivity index (χ3n) is 6.73. The van der Waals surface area contributed by atoms with Gasteiger partial charge in [-0.15, -0.1) is 0 Å². The Morgan fingerprint density at radius 1 is 1.06 bits per heavy atom. The summed E-state index contributed by atoms with van der Waals surface area (Å²) >= 11 is 0. The van der Waals surface area contributed by atoms with Crippen molar-refractivity contribution in [3.8, 4) is 5.75 Å². The zero-order valence-corrected chi connectivity index (χ0v) is 18.4. The summed E-state index contributed by atoms with van der Waals surface area (Å²) < 4.78 is 6.17. The molecule has 1 saturated carbocycles. The van der Waals surface area contributed by atoms with E-state index in [0.717, 1.165) is 36.0 Å². The predicted octanol–water partition coefficient (Wildman–Crippen LogP) is 3.43. The number of rotatable bonds is 8. The summed E-state index contributed by atoms with van der Waals surface area (Å²) in [4.78, 5) is 25.3. The predicted molar refractivity (Wildman–Crippen MR) is 126 cm³/mol. The summed E-state index contributed by atoms with van der Waals surface area (Å²) in [6.07, 6.45) is 1.17. The van der Waals surface area contributed by atoms with E-state index in [9.17, 15) is 14.9 Å². The summed E-state index contributed by atoms with van der Waals surface area (Å²) in [6.45, 7) is 2.52. The first kappa shape index (κ1) is 21.4. The van der Waals surface area contributed by atoms with Gasteiger partial charge in [0.2, 0.25) is 11.9 Å². The lowest BCUT2D eigenvalue weighted by atomic mass is 9.94. The van der Waals surface area contributed by atoms with Crippen LogP contribution in [0.4, 0.5) is 0 Å². The largest absolute Gasteiger partial charge is 0.492 e. The van der Waals surface area contributed by atoms with Crippen LogP contribution in [0.15, 0.2) is 66.7 Å². The van der Waals surface area contributed by atoms with E-state index in [4.69, 9.17) is 4.74 Å². The van der Waals surface area contributed by atoms with Crippen molar-refractivity contribution >= 4 is 16.7 Å². The van der Waals surface area contributed by atoms with Gasteiger partial charge in [-0.25, -0.2) is 0 Å². The van der Waals surface area contributed by atoms with Crippen molar-refractivity contribution in [2.24, 2.45) is 5.92 Å². The van der Waals surface area contributed by atoms with Crippen molar-refractivity contribution < 1.29 is 14.5 Å². The molecule has 0 saturated heterocycles. The molecule has 3 atom stereocenters. The number of hydrogen-bond acceptors (Lipinski definition) is 5. The first-order valence-corrected chi connectivity index (χ1v) is 11.4. The van der Waals surface area contributed by atoms with Crippen LogP contribution in [0.2, 0.25) is 0 Å². The minimum atomic E-state index is -0.720. The minimum Gasteiger partial charge on any atom is -0.492 e. The Morgan fingerprint density at radius 3 is 2.64 bits per heavy atom. The van der Waals surface area contributed by atoms with Crippen LogP contribution < -0.4 is 10.1 Å². The molecule has 170 valence electrons. The second-order valence-corrected chi connectivity index (χ2v) is 8.86. The topological polar surface area (TPSA) is 84.7 Å². The summed E-state index contributed by atoms with van der Waals surface area (Å²) in [6, 6.07) is 22.0. The minimum absolute atomic E-state index is 0.118. The van der Waals surface area contributed by atoms with Gasteiger partial charge in [0.05, 0.1) is 0 Å². The smallest absolute Gasteiger partial charge is 0.230 e. The fraction of sp³-hybridized carbons (Fsp3) is 0.346. The number of nitro groups is 1. The Morgan fingerprint density at radius 2 is 1.82 bits per heavy atom. The molecule has 3 aromatic carbocycles. The lowest BCUT2D eigenvalue weighted by molar-refractivity contribution is -0.497. The summed E-state index contributed by atoms with van der Waals surface area (Å²) in [5, 5.41) is 16.1. The van der Waals surface area contributed by atoms with Gasteiger partial charge in [-0.1, -0.05) is 60.7 Å². The molecular weight excluding hydrogens is 418 g/mol. The van der Waals surface area contributed by atoms with Gasteiger partial charge in [-0.3, -0.25) is 19.8 Å². The molecular formula is C26H27N3O4. The molecule has 3 aromatic rings. The highest BCUT2D eigenvalue weighted by Crippen LogP contribution is 2.33. The van der Waals surface area contributed by atoms with Crippen molar-refractivity contribution in [1.82, 2.24) is 10.2 Å². The number of carbonyl (C=O) groups excluding carboxylic acids is 1. The molecule has 1 heterocycles. The van der Waals surface area contributed by atoms with Crippen LogP contribution in [0.1, 0.15) is 17.5 Å². The van der Waals surface area contributed by atoms with E-state index >= 15 is 0 Å². The Kier molecular flexibility index (Phi) is 5.96. The first-order valence-electron chi connectivity index (χ1n) is 11.4. The maximum Gasteiger partial charge on any atom is 0.230 e. The molecule has 1 fully saturated rings. The number of nitrogens with zero attached hydrogens (tertiary/aromatic N) is 2. The molecule has 1 N–H and O–H groups in total. The highest BCUT2D eigenvalue weighted by molar-refractivity contribution is 5.88. The van der Waals surface area contributed by atoms with Gasteiger partial charge in [0.1, 0.15) is 18.3 Å². The van der Waals surface area contributed by atoms with Gasteiger partial charge in [0.15, 0.2) is 0 Å². The van der Waals surface area contributed by atoms with E-state index in [1.165, 1.54) is 11.1 Å². The van der Waals surface area contributed by atoms with E-state index < -0.39 is 12.0 Å². The van der Waals surface area contributed by atoms with Crippen LogP contribution >= 0.6 is 0 Å². The molecule has 7 heteroatoms. The lowest BCUT2D eigenvalue weighted by Gasteiger charge is -2.37. The van der Waals surface area contributed by atoms with Gasteiger partial charge in [-0.05, 0) is 29.0 Å². The number of fused-ring (bicyclic) bond motifs is 2. The molecule has 5 rings (SSSR count). The summed E-state index contributed by atoms with van der Waals surface area (Å²) in [5.74, 6) is 0.177. The lowest BCUT2D eigenvalue weighted by Crippen LogP contribution is -2.49. The van der Waals surface area contributed by atoms with Gasteiger partial charge in [-0.2, -0.15) is 0 Å². The molecule has 0 spiro atoms. The number of benzene rings is 3. The van der Waals surface area contributed by atoms with Crippen molar-refractivity contribution in [3.05, 3.63) is 88.0 Å². The zero-order valence-electron chi connectivity index (χ0n) is 18.4. The van der Waals surface area contributed by atoms with Gasteiger partial charge >= 0.3 is 0 Å². The van der Waals surface area contributed by atoms with E-state index in [0.29, 0.717) is 19.6 Å². The number of carbonyl (C=O) groups is 1. The molecule has 1 aliphatic heterocycles. The number of hydrogen-bond donors (Lipinski definition) is 1. The average molecular weight is 446 g/mol. The van der Waals surface area contributed by atoms with Gasteiger partial charge in [0, 0.05) is 42.4 Å². The fourth-order valence-corrected chi connectivity index (χ4v) is 4.74. The van der Waals surface area contributed by atoms with Crippen LogP contribution in [-0.2, 0) is 17.8 Å². The third kappa shape index (κ3) is 4.68. The molecule has 33 heavy (non-hydrogen) atoms. The normalized spacial score (nSPS) is 21.9. The SMILES string of the molecule is O=C(NCC1Cc2ccccc2CN1CCOc1cccc2ccccc12)[C@@H]1C[C@H]1[N+](=O)[O-]. The number of amides is 1. The van der Waals surface area contributed by atoms with Crippen molar-refractivity contribution in [2.45, 2.75) is 31.5 Å². The van der Waals surface area contributed by atoms with Crippen LogP contribution in [-0.4, -0.2) is 47.5 Å². The second-order valence-electron chi connectivity index (χ2n) is 8.86. The standard InChI is InChI=1S/C26H27N3O4/c30-26(23-15-24(23)29(31)32)27-16-21-14-19-7-1-2-8-20(19)17-28(21)12-13-33-25-11-5-9-18-6-3-4-10-22(18)25/h1-11,21,23-24H,12-17H2,(H,27,30)/t21?,23-,24-/m1/s1. The molecule has 1 unspecified atom stereocenters. The average Bonchev–Trinajstić information content (AvgIpc) is 3.64. The molecule has 0 aromatic heterocycles. The number of nitrogens with one attached hydrogen (secondary N) is 1. The Balaban J connectivity index is 1.23. The van der Waals surface area contributed by atoms with Crippen LogP contribution in [0.25, 0.3) is 10.8 Å². The molecule has 1 amide bonds. The summed E-state index contributed by atoms with van der Waals surface area (Å²) in [7, 11) is 0. The van der Waals surface area contributed by atoms with Crippen LogP contribution in [0.5, 0.6) is 5.75 Å². The van der Waals surface area contributed by atoms with E-state index in [1.54, 1.807) is 0 Å². The molecule has 0 radical (unpaired) electrons. The van der Waals surface area contributed by atoms with Crippen molar-refractivity contribution in [1.29, 1.82) is 0 Å². The second kappa shape index (κ2) is 9.19. The number of ether oxygens (including phenoxy) is 1. The quantitative estimate of drug-likeness (QED) is 0.424. The third-order valence-corrected chi connectivity index (χ3v) is 6.73. The van der Waals surface area contributed by atoms with Crippen molar-refractivity contribution in [2.75, 3.05) is 19.7 Å². The molecule has 0 bridgehead atoms. The molecule has 1 aliphatic carbocycles. The Labute approximate surface area is 192 Å². The Hall–Kier alpha value is -3.45. The summed E-state index contributed by atoms with van der Waals surface area (Å²) in [5.41, 5.74) is 2.58. The maximum absolute atomic E-state index is 12.4. The van der Waals surface area contributed by atoms with E-state index in [-0.39, 0.29) is 16.9 Å². The monoisotopic (exact) mass is 445 g/mol. The van der Waals surface area contributed by atoms with Gasteiger partial charge < -0.3 is 10.1 Å². The van der Waals surface area contributed by atoms with E-state index in [2.05, 4.69) is 46.6 Å².